The van der Waals surface area contributed by atoms with E-state index in [1.54, 1.807) is 6.07 Å². The summed E-state index contributed by atoms with van der Waals surface area (Å²) in [6.45, 7) is 0.514. The second-order valence-corrected chi connectivity index (χ2v) is 8.01. The van der Waals surface area contributed by atoms with Crippen LogP contribution >= 0.6 is 11.8 Å². The molecule has 0 atom stereocenters. The molecule has 1 aromatic heterocycles. The molecule has 9 nitrogen and oxygen atoms in total. The van der Waals surface area contributed by atoms with Gasteiger partial charge in [-0.1, -0.05) is 11.8 Å². The summed E-state index contributed by atoms with van der Waals surface area (Å²) in [7, 11) is -3.83. The van der Waals surface area contributed by atoms with Crippen molar-refractivity contribution in [3.63, 3.8) is 0 Å². The molecule has 2 amide bonds. The van der Waals surface area contributed by atoms with Crippen molar-refractivity contribution in [2.45, 2.75) is 4.90 Å². The summed E-state index contributed by atoms with van der Waals surface area (Å²) in [4.78, 5) is 32.6. The third-order valence-electron chi connectivity index (χ3n) is 3.42. The van der Waals surface area contributed by atoms with Gasteiger partial charge in [0, 0.05) is 30.4 Å². The lowest BCUT2D eigenvalue weighted by atomic mass is 10.3. The second kappa shape index (κ2) is 7.70. The van der Waals surface area contributed by atoms with Crippen molar-refractivity contribution < 1.29 is 18.0 Å². The molecule has 2 heterocycles. The summed E-state index contributed by atoms with van der Waals surface area (Å²) < 4.78 is 26.8. The lowest BCUT2D eigenvalue weighted by molar-refractivity contribution is -0.116. The molecule has 2 aromatic rings. The van der Waals surface area contributed by atoms with Crippen LogP contribution in [0.2, 0.25) is 0 Å². The summed E-state index contributed by atoms with van der Waals surface area (Å²) in [5.74, 6) is 0.307. The van der Waals surface area contributed by atoms with Gasteiger partial charge in [0.05, 0.1) is 4.90 Å². The monoisotopic (exact) mass is 393 g/mol. The molecule has 1 saturated heterocycles. The molecule has 1 fully saturated rings. The van der Waals surface area contributed by atoms with Crippen LogP contribution in [-0.4, -0.2) is 53.3 Å². The highest BCUT2D eigenvalue weighted by atomic mass is 32.2. The molecule has 136 valence electrons. The topological polar surface area (TPSA) is 121 Å². The number of carbonyl (C=O) groups excluding carboxylic acids is 2. The summed E-state index contributed by atoms with van der Waals surface area (Å²) in [6.07, 6.45) is 2.85. The summed E-state index contributed by atoms with van der Waals surface area (Å²) in [5, 5.41) is 2.52. The Morgan fingerprint density at radius 2 is 1.88 bits per heavy atom. The van der Waals surface area contributed by atoms with Gasteiger partial charge in [-0.05, 0) is 30.3 Å². The van der Waals surface area contributed by atoms with Gasteiger partial charge in [-0.15, -0.1) is 0 Å². The standard InChI is InChI=1S/C15H15N5O4S2/c21-13(10-20-8-9-25-15(20)22)18-11-2-4-12(5-3-11)26(23,24)19-14-16-6-1-7-17-14/h1-7H,8-10H2,(H,18,21)(H,16,17,19). The van der Waals surface area contributed by atoms with Crippen LogP contribution in [0.1, 0.15) is 0 Å². The fourth-order valence-corrected chi connectivity index (χ4v) is 3.97. The molecule has 0 radical (unpaired) electrons. The highest BCUT2D eigenvalue weighted by Crippen LogP contribution is 2.18. The van der Waals surface area contributed by atoms with E-state index >= 15 is 0 Å². The van der Waals surface area contributed by atoms with E-state index in [0.717, 1.165) is 0 Å². The second-order valence-electron chi connectivity index (χ2n) is 5.29. The Labute approximate surface area is 154 Å². The highest BCUT2D eigenvalue weighted by molar-refractivity contribution is 8.13. The highest BCUT2D eigenvalue weighted by Gasteiger charge is 2.23. The lowest BCUT2D eigenvalue weighted by Gasteiger charge is -2.14. The van der Waals surface area contributed by atoms with Crippen molar-refractivity contribution in [3.8, 4) is 0 Å². The van der Waals surface area contributed by atoms with Crippen LogP contribution in [0.5, 0.6) is 0 Å². The van der Waals surface area contributed by atoms with E-state index < -0.39 is 10.0 Å². The van der Waals surface area contributed by atoms with Gasteiger partial charge in [0.1, 0.15) is 6.54 Å². The van der Waals surface area contributed by atoms with Crippen molar-refractivity contribution in [2.24, 2.45) is 0 Å². The predicted molar refractivity (Wildman–Crippen MR) is 97.3 cm³/mol. The molecular formula is C15H15N5O4S2. The van der Waals surface area contributed by atoms with Crippen molar-refractivity contribution in [1.82, 2.24) is 14.9 Å². The molecule has 0 spiro atoms. The first kappa shape index (κ1) is 18.1. The maximum absolute atomic E-state index is 12.3. The van der Waals surface area contributed by atoms with E-state index in [0.29, 0.717) is 18.0 Å². The summed E-state index contributed by atoms with van der Waals surface area (Å²) >= 11 is 1.18. The Hall–Kier alpha value is -2.66. The number of rotatable bonds is 6. The number of nitrogens with one attached hydrogen (secondary N) is 2. The number of thioether (sulfide) groups is 1. The first-order valence-electron chi connectivity index (χ1n) is 7.55. The number of benzene rings is 1. The number of aromatic nitrogens is 2. The zero-order valence-electron chi connectivity index (χ0n) is 13.5. The molecule has 2 N–H and O–H groups in total. The number of anilines is 2. The largest absolute Gasteiger partial charge is 0.325 e. The van der Waals surface area contributed by atoms with Crippen LogP contribution in [0.25, 0.3) is 0 Å². The first-order valence-corrected chi connectivity index (χ1v) is 10.0. The minimum absolute atomic E-state index is 0.00840. The lowest BCUT2D eigenvalue weighted by Crippen LogP contribution is -2.33. The van der Waals surface area contributed by atoms with Gasteiger partial charge in [0.2, 0.25) is 11.9 Å². The van der Waals surface area contributed by atoms with Gasteiger partial charge in [0.15, 0.2) is 0 Å². The number of hydrogen-bond donors (Lipinski definition) is 2. The minimum atomic E-state index is -3.83. The van der Waals surface area contributed by atoms with E-state index in [4.69, 9.17) is 0 Å². The van der Waals surface area contributed by atoms with Gasteiger partial charge in [-0.2, -0.15) is 0 Å². The molecule has 0 saturated carbocycles. The average Bonchev–Trinajstić information content (AvgIpc) is 3.00. The molecule has 1 aliphatic rings. The van der Waals surface area contributed by atoms with Crippen LogP contribution in [0, 0.1) is 0 Å². The summed E-state index contributed by atoms with van der Waals surface area (Å²) in [5.41, 5.74) is 0.434. The van der Waals surface area contributed by atoms with Gasteiger partial charge < -0.3 is 10.2 Å². The molecule has 1 aliphatic heterocycles. The summed E-state index contributed by atoms with van der Waals surface area (Å²) in [6, 6.07) is 7.23. The average molecular weight is 393 g/mol. The third kappa shape index (κ3) is 4.49. The minimum Gasteiger partial charge on any atom is -0.325 e. The van der Waals surface area contributed by atoms with Gasteiger partial charge in [-0.25, -0.2) is 23.1 Å². The number of amides is 2. The van der Waals surface area contributed by atoms with Gasteiger partial charge >= 0.3 is 0 Å². The smallest absolute Gasteiger partial charge is 0.282 e. The number of sulfonamides is 1. The fourth-order valence-electron chi connectivity index (χ4n) is 2.19. The van der Waals surface area contributed by atoms with Crippen molar-refractivity contribution in [3.05, 3.63) is 42.7 Å². The van der Waals surface area contributed by atoms with Crippen molar-refractivity contribution in [2.75, 3.05) is 28.9 Å². The zero-order valence-corrected chi connectivity index (χ0v) is 15.1. The Morgan fingerprint density at radius 3 is 2.50 bits per heavy atom. The zero-order chi connectivity index (χ0) is 18.6. The van der Waals surface area contributed by atoms with Crippen LogP contribution in [0.3, 0.4) is 0 Å². The van der Waals surface area contributed by atoms with Gasteiger partial charge in [0.25, 0.3) is 15.3 Å². The van der Waals surface area contributed by atoms with Crippen LogP contribution in [-0.2, 0) is 14.8 Å². The maximum Gasteiger partial charge on any atom is 0.282 e. The van der Waals surface area contributed by atoms with E-state index in [1.807, 2.05) is 0 Å². The normalized spacial score (nSPS) is 14.3. The molecule has 1 aromatic carbocycles. The third-order valence-corrected chi connectivity index (χ3v) is 5.66. The number of nitrogens with zero attached hydrogens (tertiary/aromatic N) is 3. The molecule has 26 heavy (non-hydrogen) atoms. The Bertz CT molecular complexity index is 903. The first-order chi connectivity index (χ1) is 12.4. The van der Waals surface area contributed by atoms with E-state index in [9.17, 15) is 18.0 Å². The van der Waals surface area contributed by atoms with E-state index in [1.165, 1.54) is 53.3 Å². The molecule has 0 aliphatic carbocycles. The number of carbonyl (C=O) groups is 2. The molecule has 0 bridgehead atoms. The van der Waals surface area contributed by atoms with Crippen LogP contribution in [0.4, 0.5) is 16.4 Å². The maximum atomic E-state index is 12.3. The number of hydrogen-bond acceptors (Lipinski definition) is 7. The van der Waals surface area contributed by atoms with Crippen molar-refractivity contribution in [1.29, 1.82) is 0 Å². The molecular weight excluding hydrogens is 378 g/mol. The SMILES string of the molecule is O=C(CN1CCSC1=O)Nc1ccc(S(=O)(=O)Nc2ncccn2)cc1. The Balaban J connectivity index is 1.62. The quantitative estimate of drug-likeness (QED) is 0.760. The Morgan fingerprint density at radius 1 is 1.19 bits per heavy atom. The fraction of sp³-hybridized carbons (Fsp3) is 0.200. The van der Waals surface area contributed by atoms with Crippen LogP contribution in [0.15, 0.2) is 47.6 Å². The molecule has 11 heteroatoms. The molecule has 0 unspecified atom stereocenters. The van der Waals surface area contributed by atoms with E-state index in [-0.39, 0.29) is 28.5 Å². The predicted octanol–water partition coefficient (Wildman–Crippen LogP) is 1.38. The van der Waals surface area contributed by atoms with Crippen LogP contribution < -0.4 is 10.0 Å². The van der Waals surface area contributed by atoms with Crippen molar-refractivity contribution >= 4 is 44.6 Å². The molecule has 3 rings (SSSR count). The Kier molecular flexibility index (Phi) is 5.38. The van der Waals surface area contributed by atoms with Gasteiger partial charge in [-0.3, -0.25) is 9.59 Å². The van der Waals surface area contributed by atoms with E-state index in [2.05, 4.69) is 20.0 Å².